The Balaban J connectivity index is 1.65. The lowest BCUT2D eigenvalue weighted by Gasteiger charge is -2.33. The predicted molar refractivity (Wildman–Crippen MR) is 84.7 cm³/mol. The number of rotatable bonds is 1. The Bertz CT molecular complexity index is 853. The fourth-order valence-corrected chi connectivity index (χ4v) is 4.90. The summed E-state index contributed by atoms with van der Waals surface area (Å²) in [7, 11) is 0. The topological polar surface area (TPSA) is 50.9 Å². The molecule has 0 amide bonds. The SMILES string of the molecule is O[C@H]1c2scnc2CC[C@H]1C1c2ccccc2-c2cncn21. The third-order valence-electron chi connectivity index (χ3n) is 4.99. The van der Waals surface area contributed by atoms with Crippen LogP contribution < -0.4 is 0 Å². The molecule has 22 heavy (non-hydrogen) atoms. The second-order valence-corrected chi connectivity index (χ2v) is 6.92. The molecule has 1 aliphatic carbocycles. The van der Waals surface area contributed by atoms with E-state index >= 15 is 0 Å². The van der Waals surface area contributed by atoms with Crippen LogP contribution >= 0.6 is 11.3 Å². The summed E-state index contributed by atoms with van der Waals surface area (Å²) in [5, 5.41) is 10.9. The minimum absolute atomic E-state index is 0.166. The Labute approximate surface area is 132 Å². The number of imidazole rings is 1. The van der Waals surface area contributed by atoms with Crippen molar-refractivity contribution in [2.75, 3.05) is 0 Å². The van der Waals surface area contributed by atoms with Gasteiger partial charge in [0.1, 0.15) is 0 Å². The molecule has 5 rings (SSSR count). The molecule has 3 aromatic rings. The van der Waals surface area contributed by atoms with Crippen molar-refractivity contribution in [3.05, 3.63) is 58.4 Å². The number of hydrogen-bond acceptors (Lipinski definition) is 4. The van der Waals surface area contributed by atoms with E-state index in [1.807, 2.05) is 18.0 Å². The number of thiazole rings is 1. The van der Waals surface area contributed by atoms with E-state index in [1.54, 1.807) is 11.3 Å². The average molecular weight is 309 g/mol. The summed E-state index contributed by atoms with van der Waals surface area (Å²) < 4.78 is 2.23. The van der Waals surface area contributed by atoms with Crippen LogP contribution in [0.3, 0.4) is 0 Å². The van der Waals surface area contributed by atoms with E-state index in [-0.39, 0.29) is 12.0 Å². The quantitative estimate of drug-likeness (QED) is 0.751. The van der Waals surface area contributed by atoms with Gasteiger partial charge in [0.05, 0.1) is 46.4 Å². The van der Waals surface area contributed by atoms with Crippen LogP contribution in [0.1, 0.15) is 34.7 Å². The molecule has 3 heterocycles. The van der Waals surface area contributed by atoms with Gasteiger partial charge in [-0.2, -0.15) is 0 Å². The first-order chi connectivity index (χ1) is 10.8. The van der Waals surface area contributed by atoms with Gasteiger partial charge in [-0.05, 0) is 18.4 Å². The largest absolute Gasteiger partial charge is 0.387 e. The van der Waals surface area contributed by atoms with Crippen molar-refractivity contribution in [1.29, 1.82) is 0 Å². The maximum atomic E-state index is 10.9. The van der Waals surface area contributed by atoms with Crippen LogP contribution in [0.2, 0.25) is 0 Å². The maximum Gasteiger partial charge on any atom is 0.0956 e. The van der Waals surface area contributed by atoms with E-state index in [1.165, 1.54) is 11.1 Å². The molecule has 0 spiro atoms. The molecule has 0 bridgehead atoms. The molecule has 0 saturated heterocycles. The number of aliphatic hydroxyl groups excluding tert-OH is 1. The maximum absolute atomic E-state index is 10.9. The first kappa shape index (κ1) is 12.6. The third kappa shape index (κ3) is 1.55. The Morgan fingerprint density at radius 2 is 2.18 bits per heavy atom. The van der Waals surface area contributed by atoms with Crippen molar-refractivity contribution < 1.29 is 5.11 Å². The molecule has 1 aromatic carbocycles. The van der Waals surface area contributed by atoms with Crippen molar-refractivity contribution in [3.8, 4) is 11.3 Å². The van der Waals surface area contributed by atoms with Crippen molar-refractivity contribution in [2.24, 2.45) is 5.92 Å². The molecule has 0 fully saturated rings. The molecule has 4 nitrogen and oxygen atoms in total. The molecular formula is C17H15N3OS. The van der Waals surface area contributed by atoms with Crippen molar-refractivity contribution in [2.45, 2.75) is 25.0 Å². The summed E-state index contributed by atoms with van der Waals surface area (Å²) in [6.07, 6.45) is 5.28. The highest BCUT2D eigenvalue weighted by atomic mass is 32.1. The van der Waals surface area contributed by atoms with E-state index < -0.39 is 6.10 Å². The molecule has 110 valence electrons. The number of aryl methyl sites for hydroxylation is 1. The van der Waals surface area contributed by atoms with E-state index in [0.29, 0.717) is 0 Å². The molecule has 5 heteroatoms. The first-order valence-corrected chi connectivity index (χ1v) is 8.44. The third-order valence-corrected chi connectivity index (χ3v) is 5.93. The van der Waals surface area contributed by atoms with Crippen LogP contribution in [-0.4, -0.2) is 19.6 Å². The highest BCUT2D eigenvalue weighted by Gasteiger charge is 2.41. The summed E-state index contributed by atoms with van der Waals surface area (Å²) in [5.74, 6) is 0.171. The number of benzene rings is 1. The van der Waals surface area contributed by atoms with Crippen LogP contribution in [0.15, 0.2) is 42.3 Å². The van der Waals surface area contributed by atoms with E-state index in [4.69, 9.17) is 0 Å². The van der Waals surface area contributed by atoms with Gasteiger partial charge in [-0.15, -0.1) is 11.3 Å². The number of aliphatic hydroxyl groups is 1. The van der Waals surface area contributed by atoms with Crippen molar-refractivity contribution in [3.63, 3.8) is 0 Å². The molecule has 2 aliphatic rings. The highest BCUT2D eigenvalue weighted by molar-refractivity contribution is 7.09. The smallest absolute Gasteiger partial charge is 0.0956 e. The second-order valence-electron chi connectivity index (χ2n) is 6.03. The van der Waals surface area contributed by atoms with Crippen molar-refractivity contribution >= 4 is 11.3 Å². The molecule has 1 aliphatic heterocycles. The molecule has 2 aromatic heterocycles. The van der Waals surface area contributed by atoms with Crippen LogP contribution in [0.5, 0.6) is 0 Å². The standard InChI is InChI=1S/C17H15N3OS/c21-16-12(5-6-13-17(16)22-9-19-13)15-11-4-2-1-3-10(11)14-7-18-8-20(14)15/h1-4,7-9,12,15-16,21H,5-6H2/t12-,15?,16+/m0/s1. The van der Waals surface area contributed by atoms with Gasteiger partial charge in [-0.25, -0.2) is 9.97 Å². The zero-order chi connectivity index (χ0) is 14.7. The van der Waals surface area contributed by atoms with Gasteiger partial charge >= 0.3 is 0 Å². The van der Waals surface area contributed by atoms with Gasteiger partial charge in [0.15, 0.2) is 0 Å². The zero-order valence-electron chi connectivity index (χ0n) is 11.9. The Morgan fingerprint density at radius 1 is 1.27 bits per heavy atom. The van der Waals surface area contributed by atoms with Gasteiger partial charge < -0.3 is 9.67 Å². The summed E-state index contributed by atoms with van der Waals surface area (Å²) in [6.45, 7) is 0. The van der Waals surface area contributed by atoms with Crippen LogP contribution in [0, 0.1) is 5.92 Å². The summed E-state index contributed by atoms with van der Waals surface area (Å²) in [5.41, 5.74) is 6.62. The molecule has 0 radical (unpaired) electrons. The zero-order valence-corrected chi connectivity index (χ0v) is 12.7. The first-order valence-electron chi connectivity index (χ1n) is 7.56. The lowest BCUT2D eigenvalue weighted by Crippen LogP contribution is -2.27. The number of fused-ring (bicyclic) bond motifs is 4. The minimum atomic E-state index is -0.442. The average Bonchev–Trinajstić information content (AvgIpc) is 3.23. The Kier molecular flexibility index (Phi) is 2.57. The molecule has 0 saturated carbocycles. The molecular weight excluding hydrogens is 294 g/mol. The van der Waals surface area contributed by atoms with Gasteiger partial charge in [0.25, 0.3) is 0 Å². The van der Waals surface area contributed by atoms with Crippen LogP contribution in [0.25, 0.3) is 11.3 Å². The van der Waals surface area contributed by atoms with Crippen molar-refractivity contribution in [1.82, 2.24) is 14.5 Å². The predicted octanol–water partition coefficient (Wildman–Crippen LogP) is 3.21. The highest BCUT2D eigenvalue weighted by Crippen LogP contribution is 2.50. The summed E-state index contributed by atoms with van der Waals surface area (Å²) in [6, 6.07) is 8.65. The monoisotopic (exact) mass is 309 g/mol. The fraction of sp³-hybridized carbons (Fsp3) is 0.294. The van der Waals surface area contributed by atoms with E-state index in [0.717, 1.165) is 29.1 Å². The lowest BCUT2D eigenvalue weighted by atomic mass is 9.80. The number of hydrogen-bond donors (Lipinski definition) is 1. The van der Waals surface area contributed by atoms with E-state index in [2.05, 4.69) is 38.8 Å². The van der Waals surface area contributed by atoms with Crippen LogP contribution in [0.4, 0.5) is 0 Å². The summed E-state index contributed by atoms with van der Waals surface area (Å²) in [4.78, 5) is 9.75. The molecule has 1 unspecified atom stereocenters. The minimum Gasteiger partial charge on any atom is -0.387 e. The Morgan fingerprint density at radius 3 is 3.14 bits per heavy atom. The van der Waals surface area contributed by atoms with Crippen LogP contribution in [-0.2, 0) is 6.42 Å². The van der Waals surface area contributed by atoms with E-state index in [9.17, 15) is 5.11 Å². The fourth-order valence-electron chi connectivity index (χ4n) is 4.00. The summed E-state index contributed by atoms with van der Waals surface area (Å²) >= 11 is 1.57. The second kappa shape index (κ2) is 4.51. The van der Waals surface area contributed by atoms with Gasteiger partial charge in [-0.1, -0.05) is 24.3 Å². The Hall–Kier alpha value is -1.98. The van der Waals surface area contributed by atoms with Gasteiger partial charge in [0, 0.05) is 11.5 Å². The van der Waals surface area contributed by atoms with Gasteiger partial charge in [-0.3, -0.25) is 0 Å². The van der Waals surface area contributed by atoms with Gasteiger partial charge in [0.2, 0.25) is 0 Å². The lowest BCUT2D eigenvalue weighted by molar-refractivity contribution is 0.0748. The normalized spacial score (nSPS) is 25.6. The molecule has 1 N–H and O–H groups in total. The molecule has 3 atom stereocenters. The number of nitrogens with zero attached hydrogens (tertiary/aromatic N) is 3. The number of aromatic nitrogens is 3.